The second-order valence-corrected chi connectivity index (χ2v) is 4.52. The quantitative estimate of drug-likeness (QED) is 0.820. The monoisotopic (exact) mass is 221 g/mol. The Morgan fingerprint density at radius 3 is 2.81 bits per heavy atom. The van der Waals surface area contributed by atoms with Crippen molar-refractivity contribution in [3.05, 3.63) is 24.3 Å². The van der Waals surface area contributed by atoms with Crippen LogP contribution in [-0.2, 0) is 0 Å². The van der Waals surface area contributed by atoms with E-state index in [9.17, 15) is 5.11 Å². The smallest absolute Gasteiger partial charge is 0.120 e. The van der Waals surface area contributed by atoms with Gasteiger partial charge in [-0.3, -0.25) is 0 Å². The lowest BCUT2D eigenvalue weighted by Gasteiger charge is -2.23. The molecule has 1 aliphatic carbocycles. The summed E-state index contributed by atoms with van der Waals surface area (Å²) in [7, 11) is 1.66. The molecule has 0 aromatic heterocycles. The molecule has 0 unspecified atom stereocenters. The Balaban J connectivity index is 1.93. The summed E-state index contributed by atoms with van der Waals surface area (Å²) in [4.78, 5) is 0. The molecule has 1 aliphatic rings. The molecule has 1 aromatic rings. The molecule has 1 fully saturated rings. The Labute approximate surface area is 96.4 Å². The predicted molar refractivity (Wildman–Crippen MR) is 64.9 cm³/mol. The first-order valence-electron chi connectivity index (χ1n) is 5.82. The fraction of sp³-hybridized carbons (Fsp3) is 0.538. The molecule has 0 bridgehead atoms. The minimum absolute atomic E-state index is 0.511. The van der Waals surface area contributed by atoms with Crippen molar-refractivity contribution in [3.63, 3.8) is 0 Å². The van der Waals surface area contributed by atoms with Gasteiger partial charge in [-0.05, 0) is 25.0 Å². The molecule has 0 atom stereocenters. The largest absolute Gasteiger partial charge is 0.497 e. The van der Waals surface area contributed by atoms with Gasteiger partial charge in [-0.15, -0.1) is 0 Å². The summed E-state index contributed by atoms with van der Waals surface area (Å²) in [6, 6.07) is 7.79. The highest BCUT2D eigenvalue weighted by Gasteiger charge is 2.30. The zero-order valence-corrected chi connectivity index (χ0v) is 9.70. The van der Waals surface area contributed by atoms with Crippen molar-refractivity contribution in [2.45, 2.75) is 31.3 Å². The first-order chi connectivity index (χ1) is 7.72. The van der Waals surface area contributed by atoms with Crippen LogP contribution in [0.4, 0.5) is 5.69 Å². The third-order valence-electron chi connectivity index (χ3n) is 3.23. The molecule has 88 valence electrons. The van der Waals surface area contributed by atoms with E-state index in [2.05, 4.69) is 5.32 Å². The van der Waals surface area contributed by atoms with E-state index in [0.29, 0.717) is 6.54 Å². The number of hydrogen-bond acceptors (Lipinski definition) is 3. The van der Waals surface area contributed by atoms with Crippen LogP contribution >= 0.6 is 0 Å². The third kappa shape index (κ3) is 2.67. The second kappa shape index (κ2) is 4.74. The van der Waals surface area contributed by atoms with Gasteiger partial charge in [0.05, 0.1) is 12.7 Å². The minimum Gasteiger partial charge on any atom is -0.497 e. The molecule has 2 N–H and O–H groups in total. The van der Waals surface area contributed by atoms with Gasteiger partial charge in [0.2, 0.25) is 0 Å². The Morgan fingerprint density at radius 1 is 1.38 bits per heavy atom. The SMILES string of the molecule is COc1cccc(NCC2(O)CCCC2)c1. The van der Waals surface area contributed by atoms with E-state index in [4.69, 9.17) is 4.74 Å². The van der Waals surface area contributed by atoms with Crippen LogP contribution < -0.4 is 10.1 Å². The molecular formula is C13H19NO2. The first kappa shape index (κ1) is 11.3. The summed E-state index contributed by atoms with van der Waals surface area (Å²) in [5, 5.41) is 13.5. The number of methoxy groups -OCH3 is 1. The summed E-state index contributed by atoms with van der Waals surface area (Å²) in [5.41, 5.74) is 0.489. The zero-order valence-electron chi connectivity index (χ0n) is 9.70. The van der Waals surface area contributed by atoms with Crippen molar-refractivity contribution in [1.82, 2.24) is 0 Å². The predicted octanol–water partition coefficient (Wildman–Crippen LogP) is 2.41. The molecule has 3 nitrogen and oxygen atoms in total. The molecule has 3 heteroatoms. The van der Waals surface area contributed by atoms with Crippen LogP contribution in [0.5, 0.6) is 5.75 Å². The number of hydrogen-bond donors (Lipinski definition) is 2. The third-order valence-corrected chi connectivity index (χ3v) is 3.23. The summed E-state index contributed by atoms with van der Waals surface area (Å²) in [5.74, 6) is 0.836. The van der Waals surface area contributed by atoms with Gasteiger partial charge in [0.15, 0.2) is 0 Å². The van der Waals surface area contributed by atoms with E-state index in [1.807, 2.05) is 24.3 Å². The Bertz CT molecular complexity index is 346. The fourth-order valence-corrected chi connectivity index (χ4v) is 2.21. The number of rotatable bonds is 4. The van der Waals surface area contributed by atoms with E-state index < -0.39 is 5.60 Å². The highest BCUT2D eigenvalue weighted by atomic mass is 16.5. The van der Waals surface area contributed by atoms with Gasteiger partial charge in [0, 0.05) is 18.3 Å². The molecule has 0 spiro atoms. The molecular weight excluding hydrogens is 202 g/mol. The van der Waals surface area contributed by atoms with Crippen molar-refractivity contribution in [2.75, 3.05) is 19.0 Å². The summed E-state index contributed by atoms with van der Waals surface area (Å²) < 4.78 is 5.15. The molecule has 0 saturated heterocycles. The van der Waals surface area contributed by atoms with E-state index in [0.717, 1.165) is 37.1 Å². The molecule has 0 radical (unpaired) electrons. The molecule has 1 saturated carbocycles. The minimum atomic E-state index is -0.511. The lowest BCUT2D eigenvalue weighted by molar-refractivity contribution is 0.0615. The number of ether oxygens (including phenoxy) is 1. The molecule has 16 heavy (non-hydrogen) atoms. The summed E-state index contributed by atoms with van der Waals surface area (Å²) in [6.45, 7) is 0.625. The topological polar surface area (TPSA) is 41.5 Å². The second-order valence-electron chi connectivity index (χ2n) is 4.52. The summed E-state index contributed by atoms with van der Waals surface area (Å²) in [6.07, 6.45) is 4.08. The van der Waals surface area contributed by atoms with Gasteiger partial charge in [-0.25, -0.2) is 0 Å². The Hall–Kier alpha value is -1.22. The maximum absolute atomic E-state index is 10.2. The molecule has 0 amide bonds. The standard InChI is InChI=1S/C13H19NO2/c1-16-12-6-4-5-11(9-12)14-10-13(15)7-2-3-8-13/h4-6,9,14-15H,2-3,7-8,10H2,1H3. The lowest BCUT2D eigenvalue weighted by Crippen LogP contribution is -2.33. The van der Waals surface area contributed by atoms with Crippen LogP contribution in [0.15, 0.2) is 24.3 Å². The van der Waals surface area contributed by atoms with Crippen LogP contribution in [0.3, 0.4) is 0 Å². The molecule has 1 aromatic carbocycles. The first-order valence-corrected chi connectivity index (χ1v) is 5.82. The van der Waals surface area contributed by atoms with Crippen LogP contribution in [0, 0.1) is 0 Å². The van der Waals surface area contributed by atoms with Crippen molar-refractivity contribution in [2.24, 2.45) is 0 Å². The average Bonchev–Trinajstić information content (AvgIpc) is 2.75. The van der Waals surface area contributed by atoms with E-state index in [1.54, 1.807) is 7.11 Å². The van der Waals surface area contributed by atoms with Gasteiger partial charge >= 0.3 is 0 Å². The van der Waals surface area contributed by atoms with Gasteiger partial charge in [0.1, 0.15) is 5.75 Å². The van der Waals surface area contributed by atoms with E-state index in [-0.39, 0.29) is 0 Å². The molecule has 0 aliphatic heterocycles. The van der Waals surface area contributed by atoms with Crippen LogP contribution in [-0.4, -0.2) is 24.4 Å². The zero-order chi connectivity index (χ0) is 11.4. The van der Waals surface area contributed by atoms with E-state index >= 15 is 0 Å². The van der Waals surface area contributed by atoms with Crippen LogP contribution in [0.25, 0.3) is 0 Å². The van der Waals surface area contributed by atoms with Crippen LogP contribution in [0.1, 0.15) is 25.7 Å². The average molecular weight is 221 g/mol. The number of anilines is 1. The Morgan fingerprint density at radius 2 is 2.12 bits per heavy atom. The molecule has 2 rings (SSSR count). The number of aliphatic hydroxyl groups is 1. The fourth-order valence-electron chi connectivity index (χ4n) is 2.21. The van der Waals surface area contributed by atoms with E-state index in [1.165, 1.54) is 0 Å². The highest BCUT2D eigenvalue weighted by Crippen LogP contribution is 2.29. The number of benzene rings is 1. The normalized spacial score (nSPS) is 18.4. The van der Waals surface area contributed by atoms with Crippen molar-refractivity contribution in [3.8, 4) is 5.75 Å². The van der Waals surface area contributed by atoms with Gasteiger partial charge in [-0.2, -0.15) is 0 Å². The van der Waals surface area contributed by atoms with Crippen LogP contribution in [0.2, 0.25) is 0 Å². The summed E-state index contributed by atoms with van der Waals surface area (Å²) >= 11 is 0. The van der Waals surface area contributed by atoms with Gasteiger partial charge in [-0.1, -0.05) is 18.9 Å². The maximum Gasteiger partial charge on any atom is 0.120 e. The number of nitrogens with one attached hydrogen (secondary N) is 1. The van der Waals surface area contributed by atoms with Gasteiger partial charge in [0.25, 0.3) is 0 Å². The van der Waals surface area contributed by atoms with Gasteiger partial charge < -0.3 is 15.2 Å². The molecule has 0 heterocycles. The lowest BCUT2D eigenvalue weighted by atomic mass is 10.0. The Kier molecular flexibility index (Phi) is 3.34. The van der Waals surface area contributed by atoms with Crippen molar-refractivity contribution < 1.29 is 9.84 Å². The maximum atomic E-state index is 10.2. The van der Waals surface area contributed by atoms with Crippen molar-refractivity contribution >= 4 is 5.69 Å². The highest BCUT2D eigenvalue weighted by molar-refractivity contribution is 5.48. The van der Waals surface area contributed by atoms with Crippen molar-refractivity contribution in [1.29, 1.82) is 0 Å².